The Balaban J connectivity index is 1.77. The summed E-state index contributed by atoms with van der Waals surface area (Å²) < 4.78 is 12.4. The van der Waals surface area contributed by atoms with Crippen LogP contribution in [0.3, 0.4) is 0 Å². The quantitative estimate of drug-likeness (QED) is 0.661. The van der Waals surface area contributed by atoms with Crippen molar-refractivity contribution in [2.45, 2.75) is 6.61 Å². The van der Waals surface area contributed by atoms with Crippen LogP contribution in [0.25, 0.3) is 0 Å². The van der Waals surface area contributed by atoms with Gasteiger partial charge in [-0.05, 0) is 35.9 Å². The van der Waals surface area contributed by atoms with Gasteiger partial charge in [-0.2, -0.15) is 0 Å². The van der Waals surface area contributed by atoms with E-state index >= 15 is 0 Å². The van der Waals surface area contributed by atoms with Crippen LogP contribution in [0, 0.1) is 0 Å². The lowest BCUT2D eigenvalue weighted by atomic mass is 10.1. The third-order valence-electron chi connectivity index (χ3n) is 3.78. The number of nitrogens with zero attached hydrogens (tertiary/aromatic N) is 1. The first-order valence-electron chi connectivity index (χ1n) is 7.67. The standard InChI is InChI=1S/C18H17BrClNO2S/c19-14-3-6-17(23-12-13-1-4-15(20)5-2-13)16(11-14)18(24)21-7-9-22-10-8-21/h1-6,11H,7-10,12H2. The summed E-state index contributed by atoms with van der Waals surface area (Å²) in [6.45, 7) is 3.49. The molecule has 0 amide bonds. The number of halogens is 2. The Hall–Kier alpha value is -1.14. The summed E-state index contributed by atoms with van der Waals surface area (Å²) >= 11 is 15.1. The highest BCUT2D eigenvalue weighted by atomic mass is 79.9. The summed E-state index contributed by atoms with van der Waals surface area (Å²) in [5.41, 5.74) is 1.99. The minimum absolute atomic E-state index is 0.470. The number of ether oxygens (including phenoxy) is 2. The number of rotatable bonds is 4. The van der Waals surface area contributed by atoms with E-state index in [9.17, 15) is 0 Å². The Labute approximate surface area is 160 Å². The van der Waals surface area contributed by atoms with Gasteiger partial charge in [-0.15, -0.1) is 0 Å². The Bertz CT molecular complexity index is 717. The minimum atomic E-state index is 0.470. The van der Waals surface area contributed by atoms with Gasteiger partial charge in [0.15, 0.2) is 0 Å². The van der Waals surface area contributed by atoms with Crippen molar-refractivity contribution < 1.29 is 9.47 Å². The summed E-state index contributed by atoms with van der Waals surface area (Å²) in [6, 6.07) is 13.6. The maximum Gasteiger partial charge on any atom is 0.130 e. The van der Waals surface area contributed by atoms with E-state index in [0.29, 0.717) is 19.8 Å². The van der Waals surface area contributed by atoms with Gasteiger partial charge in [0, 0.05) is 22.6 Å². The van der Waals surface area contributed by atoms with Crippen molar-refractivity contribution in [1.29, 1.82) is 0 Å². The molecule has 0 spiro atoms. The van der Waals surface area contributed by atoms with Gasteiger partial charge in [0.2, 0.25) is 0 Å². The predicted octanol–water partition coefficient (Wildman–Crippen LogP) is 4.69. The maximum atomic E-state index is 6.02. The first-order chi connectivity index (χ1) is 11.6. The second-order valence-corrected chi connectivity index (χ2v) is 7.20. The molecule has 126 valence electrons. The van der Waals surface area contributed by atoms with Crippen molar-refractivity contribution in [3.8, 4) is 5.75 Å². The van der Waals surface area contributed by atoms with Crippen molar-refractivity contribution in [1.82, 2.24) is 4.90 Å². The molecule has 0 aliphatic carbocycles. The third kappa shape index (κ3) is 4.48. The second kappa shape index (κ2) is 8.30. The molecule has 0 unspecified atom stereocenters. The molecule has 1 aliphatic heterocycles. The normalized spacial score (nSPS) is 14.5. The molecule has 2 aromatic carbocycles. The summed E-state index contributed by atoms with van der Waals surface area (Å²) in [5.74, 6) is 0.782. The largest absolute Gasteiger partial charge is 0.488 e. The van der Waals surface area contributed by atoms with E-state index in [1.54, 1.807) is 0 Å². The first kappa shape index (κ1) is 17.7. The average molecular weight is 427 g/mol. The molecule has 6 heteroatoms. The van der Waals surface area contributed by atoms with Crippen molar-refractivity contribution in [3.63, 3.8) is 0 Å². The molecule has 3 nitrogen and oxygen atoms in total. The van der Waals surface area contributed by atoms with Crippen molar-refractivity contribution in [2.75, 3.05) is 26.3 Å². The molecular weight excluding hydrogens is 410 g/mol. The molecule has 3 rings (SSSR count). The third-order valence-corrected chi connectivity index (χ3v) is 5.00. The Morgan fingerprint density at radius 1 is 1.17 bits per heavy atom. The smallest absolute Gasteiger partial charge is 0.130 e. The lowest BCUT2D eigenvalue weighted by Gasteiger charge is -2.30. The topological polar surface area (TPSA) is 21.7 Å². The highest BCUT2D eigenvalue weighted by molar-refractivity contribution is 9.10. The fourth-order valence-electron chi connectivity index (χ4n) is 2.47. The molecule has 1 saturated heterocycles. The molecule has 24 heavy (non-hydrogen) atoms. The van der Waals surface area contributed by atoms with Gasteiger partial charge in [0.05, 0.1) is 18.8 Å². The first-order valence-corrected chi connectivity index (χ1v) is 9.25. The Kier molecular flexibility index (Phi) is 6.11. The SMILES string of the molecule is S=C(c1cc(Br)ccc1OCc1ccc(Cl)cc1)N1CCOCC1. The summed E-state index contributed by atoms with van der Waals surface area (Å²) in [5, 5.41) is 0.719. The van der Waals surface area contributed by atoms with Crippen LogP contribution in [0.2, 0.25) is 5.02 Å². The van der Waals surface area contributed by atoms with Gasteiger partial charge in [-0.1, -0.05) is 51.9 Å². The summed E-state index contributed by atoms with van der Waals surface area (Å²) in [6.07, 6.45) is 0. The van der Waals surface area contributed by atoms with Crippen LogP contribution in [0.5, 0.6) is 5.75 Å². The van der Waals surface area contributed by atoms with Crippen molar-refractivity contribution >= 4 is 44.7 Å². The molecule has 0 bridgehead atoms. The van der Waals surface area contributed by atoms with Gasteiger partial charge in [-0.25, -0.2) is 0 Å². The van der Waals surface area contributed by atoms with Crippen molar-refractivity contribution in [2.24, 2.45) is 0 Å². The molecule has 1 aliphatic rings. The highest BCUT2D eigenvalue weighted by Gasteiger charge is 2.19. The lowest BCUT2D eigenvalue weighted by molar-refractivity contribution is 0.0692. The average Bonchev–Trinajstić information content (AvgIpc) is 2.62. The Morgan fingerprint density at radius 2 is 1.88 bits per heavy atom. The molecular formula is C18H17BrClNO2S. The van der Waals surface area contributed by atoms with Gasteiger partial charge in [-0.3, -0.25) is 0 Å². The van der Waals surface area contributed by atoms with E-state index in [-0.39, 0.29) is 0 Å². The monoisotopic (exact) mass is 425 g/mol. The number of morpholine rings is 1. The van der Waals surface area contributed by atoms with Crippen LogP contribution in [-0.4, -0.2) is 36.2 Å². The van der Waals surface area contributed by atoms with Gasteiger partial charge >= 0.3 is 0 Å². The van der Waals surface area contributed by atoms with Gasteiger partial charge in [0.25, 0.3) is 0 Å². The van der Waals surface area contributed by atoms with E-state index in [0.717, 1.165) is 44.4 Å². The van der Waals surface area contributed by atoms with E-state index in [2.05, 4.69) is 20.8 Å². The summed E-state index contributed by atoms with van der Waals surface area (Å²) in [4.78, 5) is 2.96. The number of benzene rings is 2. The molecule has 2 aromatic rings. The Morgan fingerprint density at radius 3 is 2.58 bits per heavy atom. The molecule has 0 radical (unpaired) electrons. The van der Waals surface area contributed by atoms with Crippen LogP contribution in [0.1, 0.15) is 11.1 Å². The minimum Gasteiger partial charge on any atom is -0.488 e. The molecule has 1 heterocycles. The van der Waals surface area contributed by atoms with Crippen LogP contribution in [-0.2, 0) is 11.3 Å². The second-order valence-electron chi connectivity index (χ2n) is 5.46. The van der Waals surface area contributed by atoms with E-state index in [1.807, 2.05) is 42.5 Å². The molecule has 1 fully saturated rings. The van der Waals surface area contributed by atoms with E-state index < -0.39 is 0 Å². The molecule has 0 atom stereocenters. The molecule has 0 N–H and O–H groups in total. The maximum absolute atomic E-state index is 6.02. The van der Waals surface area contributed by atoms with Crippen LogP contribution in [0.4, 0.5) is 0 Å². The lowest BCUT2D eigenvalue weighted by Crippen LogP contribution is -2.40. The molecule has 0 aromatic heterocycles. The van der Waals surface area contributed by atoms with Crippen LogP contribution in [0.15, 0.2) is 46.9 Å². The zero-order valence-electron chi connectivity index (χ0n) is 13.0. The zero-order valence-corrected chi connectivity index (χ0v) is 16.2. The van der Waals surface area contributed by atoms with Gasteiger partial charge in [0.1, 0.15) is 17.3 Å². The predicted molar refractivity (Wildman–Crippen MR) is 104 cm³/mol. The summed E-state index contributed by atoms with van der Waals surface area (Å²) in [7, 11) is 0. The van der Waals surface area contributed by atoms with E-state index in [4.69, 9.17) is 33.3 Å². The highest BCUT2D eigenvalue weighted by Crippen LogP contribution is 2.26. The van der Waals surface area contributed by atoms with Crippen LogP contribution < -0.4 is 4.74 Å². The molecule has 0 saturated carbocycles. The zero-order chi connectivity index (χ0) is 16.9. The van der Waals surface area contributed by atoms with Crippen molar-refractivity contribution in [3.05, 3.63) is 63.1 Å². The number of hydrogen-bond donors (Lipinski definition) is 0. The fraction of sp³-hybridized carbons (Fsp3) is 0.278. The number of hydrogen-bond acceptors (Lipinski definition) is 3. The van der Waals surface area contributed by atoms with E-state index in [1.165, 1.54) is 0 Å². The van der Waals surface area contributed by atoms with Gasteiger partial charge < -0.3 is 14.4 Å². The van der Waals surface area contributed by atoms with Crippen LogP contribution >= 0.6 is 39.7 Å². The fourth-order valence-corrected chi connectivity index (χ4v) is 3.30. The number of thiocarbonyl (C=S) groups is 1.